The van der Waals surface area contributed by atoms with Crippen molar-refractivity contribution < 1.29 is 9.84 Å². The van der Waals surface area contributed by atoms with Gasteiger partial charge in [-0.05, 0) is 31.0 Å². The first-order valence-corrected chi connectivity index (χ1v) is 7.32. The molecule has 0 saturated heterocycles. The number of benzene rings is 1. The smallest absolute Gasteiger partial charge is 0.125 e. The normalized spacial score (nSPS) is 10.8. The van der Waals surface area contributed by atoms with E-state index in [1.165, 1.54) is 0 Å². The Labute approximate surface area is 122 Å². The summed E-state index contributed by atoms with van der Waals surface area (Å²) in [5.41, 5.74) is 5.39. The third-order valence-corrected chi connectivity index (χ3v) is 2.99. The summed E-state index contributed by atoms with van der Waals surface area (Å²) in [7, 11) is 0. The first-order valence-electron chi connectivity index (χ1n) is 7.32. The molecule has 0 spiro atoms. The van der Waals surface area contributed by atoms with Crippen molar-refractivity contribution in [1.29, 1.82) is 0 Å². The second-order valence-electron chi connectivity index (χ2n) is 4.95. The summed E-state index contributed by atoms with van der Waals surface area (Å²) in [4.78, 5) is 0. The molecule has 0 atom stereocenters. The lowest BCUT2D eigenvalue weighted by Gasteiger charge is -2.20. The number of aliphatic hydroxyl groups is 1. The predicted molar refractivity (Wildman–Crippen MR) is 82.6 cm³/mol. The first-order chi connectivity index (χ1) is 9.63. The van der Waals surface area contributed by atoms with Crippen molar-refractivity contribution >= 4 is 0 Å². The Morgan fingerprint density at radius 1 is 1.25 bits per heavy atom. The van der Waals surface area contributed by atoms with Gasteiger partial charge < -0.3 is 15.6 Å². The molecule has 1 aromatic carbocycles. The lowest BCUT2D eigenvalue weighted by atomic mass is 9.93. The van der Waals surface area contributed by atoms with Gasteiger partial charge in [0.1, 0.15) is 18.0 Å². The van der Waals surface area contributed by atoms with E-state index in [1.807, 2.05) is 24.3 Å². The van der Waals surface area contributed by atoms with Crippen LogP contribution in [-0.4, -0.2) is 23.9 Å². The summed E-state index contributed by atoms with van der Waals surface area (Å²) in [5, 5.41) is 10.5. The maximum atomic E-state index is 10.5. The molecule has 110 valence electrons. The van der Waals surface area contributed by atoms with Gasteiger partial charge in [0.05, 0.1) is 0 Å². The molecule has 0 heterocycles. The monoisotopic (exact) mass is 275 g/mol. The second-order valence-corrected chi connectivity index (χ2v) is 4.95. The molecule has 0 amide bonds. The van der Waals surface area contributed by atoms with Gasteiger partial charge in [-0.2, -0.15) is 0 Å². The molecular formula is C17H25NO2. The van der Waals surface area contributed by atoms with Gasteiger partial charge in [-0.3, -0.25) is 0 Å². The van der Waals surface area contributed by atoms with E-state index in [1.54, 1.807) is 0 Å². The lowest BCUT2D eigenvalue weighted by Crippen LogP contribution is -2.25. The van der Waals surface area contributed by atoms with Gasteiger partial charge in [0.25, 0.3) is 0 Å². The highest BCUT2D eigenvalue weighted by Gasteiger charge is 2.21. The molecule has 3 nitrogen and oxygen atoms in total. The number of ether oxygens (including phenoxy) is 1. The van der Waals surface area contributed by atoms with Crippen LogP contribution in [0.5, 0.6) is 5.75 Å². The van der Waals surface area contributed by atoms with E-state index in [0.717, 1.165) is 24.2 Å². The molecule has 1 rings (SSSR count). The van der Waals surface area contributed by atoms with Crippen molar-refractivity contribution in [1.82, 2.24) is 0 Å². The van der Waals surface area contributed by atoms with Gasteiger partial charge >= 0.3 is 0 Å². The molecule has 0 aliphatic heterocycles. The van der Waals surface area contributed by atoms with Crippen LogP contribution in [0.15, 0.2) is 24.3 Å². The van der Waals surface area contributed by atoms with Gasteiger partial charge in [-0.25, -0.2) is 0 Å². The molecule has 0 aliphatic carbocycles. The fraction of sp³-hybridized carbons (Fsp3) is 0.529. The SMILES string of the molecule is CCCC(O)(C#Cc1cccc(OCCN)c1)CCC. The lowest BCUT2D eigenvalue weighted by molar-refractivity contribution is 0.0807. The number of rotatable bonds is 7. The van der Waals surface area contributed by atoms with Crippen LogP contribution >= 0.6 is 0 Å². The van der Waals surface area contributed by atoms with Crippen molar-refractivity contribution in [2.24, 2.45) is 5.73 Å². The molecule has 0 radical (unpaired) electrons. The van der Waals surface area contributed by atoms with Gasteiger partial charge in [0, 0.05) is 12.1 Å². The van der Waals surface area contributed by atoms with Crippen LogP contribution in [0.3, 0.4) is 0 Å². The minimum absolute atomic E-state index is 0.489. The Morgan fingerprint density at radius 2 is 1.95 bits per heavy atom. The molecule has 0 aromatic heterocycles. The molecular weight excluding hydrogens is 250 g/mol. The van der Waals surface area contributed by atoms with Gasteiger partial charge in [-0.1, -0.05) is 44.6 Å². The fourth-order valence-electron chi connectivity index (χ4n) is 2.11. The van der Waals surface area contributed by atoms with Crippen LogP contribution in [0.2, 0.25) is 0 Å². The summed E-state index contributed by atoms with van der Waals surface area (Å²) in [6.45, 7) is 5.10. The molecule has 0 bridgehead atoms. The molecule has 3 N–H and O–H groups in total. The van der Waals surface area contributed by atoms with E-state index in [4.69, 9.17) is 10.5 Å². The number of nitrogens with two attached hydrogens (primary N) is 1. The van der Waals surface area contributed by atoms with E-state index in [0.29, 0.717) is 26.0 Å². The van der Waals surface area contributed by atoms with Crippen molar-refractivity contribution in [3.05, 3.63) is 29.8 Å². The number of hydrogen-bond acceptors (Lipinski definition) is 3. The van der Waals surface area contributed by atoms with Crippen LogP contribution in [0.25, 0.3) is 0 Å². The minimum atomic E-state index is -0.877. The third-order valence-electron chi connectivity index (χ3n) is 2.99. The minimum Gasteiger partial charge on any atom is -0.492 e. The third kappa shape index (κ3) is 5.64. The largest absolute Gasteiger partial charge is 0.492 e. The Morgan fingerprint density at radius 3 is 2.55 bits per heavy atom. The Balaban J connectivity index is 2.83. The molecule has 0 fully saturated rings. The molecule has 20 heavy (non-hydrogen) atoms. The Kier molecular flexibility index (Phi) is 7.14. The predicted octanol–water partition coefficient (Wildman–Crippen LogP) is 2.71. The first kappa shape index (κ1) is 16.6. The zero-order valence-electron chi connectivity index (χ0n) is 12.5. The van der Waals surface area contributed by atoms with E-state index >= 15 is 0 Å². The van der Waals surface area contributed by atoms with Crippen LogP contribution in [0, 0.1) is 11.8 Å². The maximum absolute atomic E-state index is 10.5. The average molecular weight is 275 g/mol. The summed E-state index contributed by atoms with van der Waals surface area (Å²) in [6, 6.07) is 7.57. The average Bonchev–Trinajstić information content (AvgIpc) is 2.44. The van der Waals surface area contributed by atoms with E-state index in [-0.39, 0.29) is 0 Å². The summed E-state index contributed by atoms with van der Waals surface area (Å²) in [5.74, 6) is 6.84. The van der Waals surface area contributed by atoms with Crippen molar-refractivity contribution in [3.63, 3.8) is 0 Å². The molecule has 3 heteroatoms. The highest BCUT2D eigenvalue weighted by Crippen LogP contribution is 2.19. The quantitative estimate of drug-likeness (QED) is 0.752. The highest BCUT2D eigenvalue weighted by molar-refractivity contribution is 5.41. The topological polar surface area (TPSA) is 55.5 Å². The zero-order chi connectivity index (χ0) is 14.8. The van der Waals surface area contributed by atoms with E-state index < -0.39 is 5.60 Å². The zero-order valence-corrected chi connectivity index (χ0v) is 12.5. The van der Waals surface area contributed by atoms with Gasteiger partial charge in [-0.15, -0.1) is 0 Å². The molecule has 0 aliphatic rings. The fourth-order valence-corrected chi connectivity index (χ4v) is 2.11. The van der Waals surface area contributed by atoms with E-state index in [2.05, 4.69) is 25.7 Å². The summed E-state index contributed by atoms with van der Waals surface area (Å²) >= 11 is 0. The summed E-state index contributed by atoms with van der Waals surface area (Å²) in [6.07, 6.45) is 3.25. The Hall–Kier alpha value is -1.50. The van der Waals surface area contributed by atoms with Crippen LogP contribution in [-0.2, 0) is 0 Å². The second kappa shape index (κ2) is 8.63. The molecule has 0 unspecified atom stereocenters. The van der Waals surface area contributed by atoms with Crippen LogP contribution in [0.1, 0.15) is 45.1 Å². The van der Waals surface area contributed by atoms with E-state index in [9.17, 15) is 5.11 Å². The van der Waals surface area contributed by atoms with Gasteiger partial charge in [0.15, 0.2) is 0 Å². The van der Waals surface area contributed by atoms with Crippen LogP contribution in [0.4, 0.5) is 0 Å². The highest BCUT2D eigenvalue weighted by atomic mass is 16.5. The van der Waals surface area contributed by atoms with Crippen molar-refractivity contribution in [2.45, 2.75) is 45.1 Å². The molecule has 1 aromatic rings. The van der Waals surface area contributed by atoms with Crippen LogP contribution < -0.4 is 10.5 Å². The summed E-state index contributed by atoms with van der Waals surface area (Å²) < 4.78 is 5.47. The number of hydrogen-bond donors (Lipinski definition) is 2. The molecule has 0 saturated carbocycles. The van der Waals surface area contributed by atoms with Gasteiger partial charge in [0.2, 0.25) is 0 Å². The maximum Gasteiger partial charge on any atom is 0.125 e. The van der Waals surface area contributed by atoms with Crippen molar-refractivity contribution in [3.8, 4) is 17.6 Å². The standard InChI is InChI=1S/C17H25NO2/c1-3-9-17(19,10-4-2)11-8-15-6-5-7-16(14-15)20-13-12-18/h5-7,14,19H,3-4,9-10,12-13,18H2,1-2H3. The Bertz CT molecular complexity index is 454. The van der Waals surface area contributed by atoms with Crippen molar-refractivity contribution in [2.75, 3.05) is 13.2 Å².